The van der Waals surface area contributed by atoms with Gasteiger partial charge in [0, 0.05) is 18.2 Å². The van der Waals surface area contributed by atoms with E-state index in [0.29, 0.717) is 22.6 Å². The van der Waals surface area contributed by atoms with Crippen molar-refractivity contribution in [2.24, 2.45) is 7.05 Å². The van der Waals surface area contributed by atoms with Crippen LogP contribution in [0.15, 0.2) is 42.7 Å². The molecule has 0 saturated heterocycles. The lowest BCUT2D eigenvalue weighted by Crippen LogP contribution is -1.98. The topological polar surface area (TPSA) is 69.6 Å². The molecule has 0 aliphatic rings. The van der Waals surface area contributed by atoms with Crippen LogP contribution in [0, 0.1) is 5.82 Å². The van der Waals surface area contributed by atoms with Crippen LogP contribution in [-0.2, 0) is 7.05 Å². The van der Waals surface area contributed by atoms with E-state index in [4.69, 9.17) is 5.73 Å². The minimum atomic E-state index is -0.338. The smallest absolute Gasteiger partial charge is 0.131 e. The molecule has 3 rings (SSSR count). The summed E-state index contributed by atoms with van der Waals surface area (Å²) in [4.78, 5) is 0. The maximum absolute atomic E-state index is 14.0. The fourth-order valence-corrected chi connectivity index (χ4v) is 2.10. The number of aryl methyl sites for hydroxylation is 1. The minimum absolute atomic E-state index is 0.338. The highest BCUT2D eigenvalue weighted by molar-refractivity contribution is 5.88. The van der Waals surface area contributed by atoms with Crippen LogP contribution in [0.1, 0.15) is 0 Å². The van der Waals surface area contributed by atoms with Crippen LogP contribution in [0.4, 0.5) is 10.2 Å². The van der Waals surface area contributed by atoms with E-state index in [9.17, 15) is 4.39 Å². The summed E-state index contributed by atoms with van der Waals surface area (Å²) in [6.07, 6.45) is 3.14. The summed E-state index contributed by atoms with van der Waals surface area (Å²) in [7, 11) is 1.72. The van der Waals surface area contributed by atoms with Crippen LogP contribution < -0.4 is 5.73 Å². The number of nitrogens with two attached hydrogens (primary N) is 1. The first kappa shape index (κ1) is 12.3. The van der Waals surface area contributed by atoms with Crippen LogP contribution in [0.25, 0.3) is 22.4 Å². The van der Waals surface area contributed by atoms with Crippen LogP contribution in [0.3, 0.4) is 0 Å². The number of benzene rings is 1. The second-order valence-electron chi connectivity index (χ2n) is 4.34. The van der Waals surface area contributed by atoms with Gasteiger partial charge in [0.2, 0.25) is 0 Å². The monoisotopic (exact) mass is 269 g/mol. The molecule has 1 aromatic carbocycles. The van der Waals surface area contributed by atoms with Crippen LogP contribution in [0.2, 0.25) is 0 Å². The van der Waals surface area contributed by atoms with Gasteiger partial charge in [-0.3, -0.25) is 4.68 Å². The highest BCUT2D eigenvalue weighted by atomic mass is 19.1. The Labute approximate surface area is 114 Å². The molecule has 5 nitrogen and oxygen atoms in total. The fraction of sp³-hybridized carbons (Fsp3) is 0.0714. The van der Waals surface area contributed by atoms with Crippen LogP contribution >= 0.6 is 0 Å². The lowest BCUT2D eigenvalue weighted by atomic mass is 10.0. The molecule has 0 saturated carbocycles. The molecule has 2 aromatic heterocycles. The molecule has 0 unspecified atom stereocenters. The maximum Gasteiger partial charge on any atom is 0.131 e. The number of nitrogen functional groups attached to an aromatic ring is 1. The zero-order valence-electron chi connectivity index (χ0n) is 10.8. The van der Waals surface area contributed by atoms with Crippen molar-refractivity contribution in [2.75, 3.05) is 5.73 Å². The third kappa shape index (κ3) is 1.91. The first-order chi connectivity index (χ1) is 9.68. The summed E-state index contributed by atoms with van der Waals surface area (Å²) < 4.78 is 15.6. The third-order valence-electron chi connectivity index (χ3n) is 3.09. The van der Waals surface area contributed by atoms with Gasteiger partial charge in [-0.2, -0.15) is 15.3 Å². The van der Waals surface area contributed by atoms with Crippen molar-refractivity contribution in [3.05, 3.63) is 48.5 Å². The molecule has 0 aliphatic carbocycles. The predicted molar refractivity (Wildman–Crippen MR) is 74.0 cm³/mol. The van der Waals surface area contributed by atoms with E-state index in [0.717, 1.165) is 5.56 Å². The number of hydrogen-bond donors (Lipinski definition) is 1. The van der Waals surface area contributed by atoms with Gasteiger partial charge in [-0.1, -0.05) is 18.2 Å². The van der Waals surface area contributed by atoms with Crippen molar-refractivity contribution in [2.45, 2.75) is 0 Å². The molecule has 0 atom stereocenters. The van der Waals surface area contributed by atoms with Gasteiger partial charge in [0.15, 0.2) is 0 Å². The number of nitrogens with zero attached hydrogens (tertiary/aromatic N) is 4. The van der Waals surface area contributed by atoms with Crippen molar-refractivity contribution in [1.82, 2.24) is 20.0 Å². The van der Waals surface area contributed by atoms with Gasteiger partial charge in [-0.25, -0.2) is 4.39 Å². The second kappa shape index (κ2) is 4.73. The number of hydrogen-bond acceptors (Lipinski definition) is 4. The Kier molecular flexibility index (Phi) is 2.90. The summed E-state index contributed by atoms with van der Waals surface area (Å²) in [5.41, 5.74) is 8.36. The standard InChI is InChI=1S/C14H12FN5/c1-20-14(16)12(10-4-2-3-5-11(10)15)13(19-20)9-6-7-17-18-8-9/h2-8H,16H2,1H3. The van der Waals surface area contributed by atoms with E-state index in [2.05, 4.69) is 15.3 Å². The molecule has 0 spiro atoms. The van der Waals surface area contributed by atoms with Gasteiger partial charge < -0.3 is 5.73 Å². The summed E-state index contributed by atoms with van der Waals surface area (Å²) in [6.45, 7) is 0. The van der Waals surface area contributed by atoms with Gasteiger partial charge in [0.25, 0.3) is 0 Å². The molecule has 100 valence electrons. The lowest BCUT2D eigenvalue weighted by molar-refractivity contribution is 0.631. The highest BCUT2D eigenvalue weighted by Crippen LogP contribution is 2.36. The van der Waals surface area contributed by atoms with E-state index in [1.165, 1.54) is 10.7 Å². The molecule has 2 heterocycles. The van der Waals surface area contributed by atoms with Crippen LogP contribution in [-0.4, -0.2) is 20.0 Å². The molecule has 6 heteroatoms. The Hall–Kier alpha value is -2.76. The van der Waals surface area contributed by atoms with Crippen molar-refractivity contribution < 1.29 is 4.39 Å². The van der Waals surface area contributed by atoms with E-state index >= 15 is 0 Å². The normalized spacial score (nSPS) is 10.7. The average Bonchev–Trinajstić information content (AvgIpc) is 2.77. The van der Waals surface area contributed by atoms with Crippen molar-refractivity contribution >= 4 is 5.82 Å². The molecule has 0 fully saturated rings. The molecule has 0 amide bonds. The lowest BCUT2D eigenvalue weighted by Gasteiger charge is -2.05. The van der Waals surface area contributed by atoms with Gasteiger partial charge in [0.1, 0.15) is 17.3 Å². The van der Waals surface area contributed by atoms with Gasteiger partial charge >= 0.3 is 0 Å². The molecule has 0 aliphatic heterocycles. The summed E-state index contributed by atoms with van der Waals surface area (Å²) >= 11 is 0. The number of rotatable bonds is 2. The van der Waals surface area contributed by atoms with E-state index in [-0.39, 0.29) is 5.82 Å². The Morgan fingerprint density at radius 3 is 2.65 bits per heavy atom. The number of anilines is 1. The van der Waals surface area contributed by atoms with Crippen LogP contribution in [0.5, 0.6) is 0 Å². The maximum atomic E-state index is 14.0. The van der Waals surface area contributed by atoms with E-state index in [1.807, 2.05) is 0 Å². The molecule has 20 heavy (non-hydrogen) atoms. The Morgan fingerprint density at radius 1 is 1.15 bits per heavy atom. The summed E-state index contributed by atoms with van der Waals surface area (Å²) in [5, 5.41) is 11.9. The first-order valence-corrected chi connectivity index (χ1v) is 6.03. The minimum Gasteiger partial charge on any atom is -0.383 e. The molecular weight excluding hydrogens is 257 g/mol. The largest absolute Gasteiger partial charge is 0.383 e. The first-order valence-electron chi connectivity index (χ1n) is 6.03. The molecule has 0 bridgehead atoms. The Balaban J connectivity index is 2.29. The van der Waals surface area contributed by atoms with E-state index in [1.54, 1.807) is 43.7 Å². The fourth-order valence-electron chi connectivity index (χ4n) is 2.10. The molecular formula is C14H12FN5. The molecule has 3 aromatic rings. The Bertz CT molecular complexity index is 752. The summed E-state index contributed by atoms with van der Waals surface area (Å²) in [6, 6.07) is 8.24. The molecule has 0 radical (unpaired) electrons. The van der Waals surface area contributed by atoms with Gasteiger partial charge in [-0.15, -0.1) is 0 Å². The van der Waals surface area contributed by atoms with Gasteiger partial charge in [-0.05, 0) is 12.1 Å². The summed E-state index contributed by atoms with van der Waals surface area (Å²) in [5.74, 6) is 0.0670. The highest BCUT2D eigenvalue weighted by Gasteiger charge is 2.19. The van der Waals surface area contributed by atoms with E-state index < -0.39 is 0 Å². The van der Waals surface area contributed by atoms with Crippen molar-refractivity contribution in [1.29, 1.82) is 0 Å². The Morgan fingerprint density at radius 2 is 1.95 bits per heavy atom. The number of halogens is 1. The zero-order valence-corrected chi connectivity index (χ0v) is 10.8. The quantitative estimate of drug-likeness (QED) is 0.774. The van der Waals surface area contributed by atoms with Crippen molar-refractivity contribution in [3.63, 3.8) is 0 Å². The number of aromatic nitrogens is 4. The van der Waals surface area contributed by atoms with Gasteiger partial charge in [0.05, 0.1) is 18.0 Å². The SMILES string of the molecule is Cn1nc(-c2ccnnc2)c(-c2ccccc2F)c1N. The van der Waals surface area contributed by atoms with Crippen molar-refractivity contribution in [3.8, 4) is 22.4 Å². The zero-order chi connectivity index (χ0) is 14.1. The predicted octanol–water partition coefficient (Wildman–Crippen LogP) is 2.27. The molecule has 2 N–H and O–H groups in total. The second-order valence-corrected chi connectivity index (χ2v) is 4.34. The third-order valence-corrected chi connectivity index (χ3v) is 3.09. The average molecular weight is 269 g/mol.